The van der Waals surface area contributed by atoms with Crippen LogP contribution in [0.5, 0.6) is 0 Å². The van der Waals surface area contributed by atoms with Gasteiger partial charge in [-0.1, -0.05) is 36.4 Å². The molecule has 8 N–H and O–H groups in total. The molecule has 1 atom stereocenters. The van der Waals surface area contributed by atoms with Crippen LogP contribution in [0.2, 0.25) is 0 Å². The predicted octanol–water partition coefficient (Wildman–Crippen LogP) is 2.16. The third kappa shape index (κ3) is 6.32. The summed E-state index contributed by atoms with van der Waals surface area (Å²) in [4.78, 5) is 12.3. The number of hydrogen-bond donors (Lipinski definition) is 6. The van der Waals surface area contributed by atoms with Crippen LogP contribution in [-0.4, -0.2) is 19.0 Å². The van der Waals surface area contributed by atoms with Crippen LogP contribution in [0.1, 0.15) is 23.6 Å². The molecule has 6 nitrogen and oxygen atoms in total. The maximum absolute atomic E-state index is 12.0. The first-order valence-corrected chi connectivity index (χ1v) is 9.27. The van der Waals surface area contributed by atoms with E-state index in [1.54, 1.807) is 6.08 Å². The quantitative estimate of drug-likeness (QED) is 0.225. The first kappa shape index (κ1) is 20.8. The second kappa shape index (κ2) is 10.6. The van der Waals surface area contributed by atoms with Crippen molar-refractivity contribution >= 4 is 29.9 Å². The summed E-state index contributed by atoms with van der Waals surface area (Å²) in [7, 11) is 0. The van der Waals surface area contributed by atoms with Crippen molar-refractivity contribution in [3.05, 3.63) is 70.6 Å². The molecule has 0 saturated heterocycles. The van der Waals surface area contributed by atoms with E-state index in [1.807, 2.05) is 36.4 Å². The molecule has 7 heteroatoms. The highest BCUT2D eigenvalue weighted by Crippen LogP contribution is 2.25. The Bertz CT molecular complexity index is 779. The number of thiol groups is 1. The molecule has 2 rings (SSSR count). The van der Waals surface area contributed by atoms with E-state index in [-0.39, 0.29) is 23.4 Å². The third-order valence-corrected chi connectivity index (χ3v) is 4.51. The molecule has 0 aromatic heterocycles. The van der Waals surface area contributed by atoms with E-state index in [4.69, 9.17) is 17.2 Å². The van der Waals surface area contributed by atoms with Gasteiger partial charge in [-0.25, -0.2) is 0 Å². The third-order valence-electron chi connectivity index (χ3n) is 4.12. The van der Waals surface area contributed by atoms with Crippen molar-refractivity contribution in [2.24, 2.45) is 11.5 Å². The molecular formula is C20H27N5OS. The summed E-state index contributed by atoms with van der Waals surface area (Å²) in [5, 5.41) is 6.30. The van der Waals surface area contributed by atoms with E-state index in [9.17, 15) is 4.79 Å². The topological polar surface area (TPSA) is 119 Å². The van der Waals surface area contributed by atoms with Crippen molar-refractivity contribution in [1.82, 2.24) is 5.32 Å². The summed E-state index contributed by atoms with van der Waals surface area (Å²) in [6, 6.07) is 15.9. The Kier molecular flexibility index (Phi) is 8.19. The van der Waals surface area contributed by atoms with Crippen molar-refractivity contribution in [2.75, 3.05) is 24.1 Å². The van der Waals surface area contributed by atoms with Gasteiger partial charge in [0.05, 0.1) is 10.9 Å². The zero-order chi connectivity index (χ0) is 19.6. The van der Waals surface area contributed by atoms with Crippen LogP contribution in [0.3, 0.4) is 0 Å². The van der Waals surface area contributed by atoms with Gasteiger partial charge in [-0.05, 0) is 42.3 Å². The standard InChI is InChI=1S/C20H27N5OS/c21-10-8-18(14-4-2-1-3-5-14)25-16-6-7-17(23)15(12-16)13-24-20(26)19(27)9-11-22/h1-7,9,12,18,25,27H,8,10-11,13,21-23H2,(H,24,26)/b19-9-. The number of amides is 1. The minimum absolute atomic E-state index is 0.0961. The molecule has 1 amide bonds. The van der Waals surface area contributed by atoms with Gasteiger partial charge in [-0.15, -0.1) is 12.6 Å². The summed E-state index contributed by atoms with van der Waals surface area (Å²) in [6.07, 6.45) is 2.35. The minimum Gasteiger partial charge on any atom is -0.398 e. The highest BCUT2D eigenvalue weighted by Gasteiger charge is 2.12. The number of nitrogens with two attached hydrogens (primary N) is 3. The van der Waals surface area contributed by atoms with E-state index in [0.29, 0.717) is 18.8 Å². The molecule has 2 aromatic carbocycles. The van der Waals surface area contributed by atoms with Crippen molar-refractivity contribution in [1.29, 1.82) is 0 Å². The van der Waals surface area contributed by atoms with Gasteiger partial charge in [0.15, 0.2) is 0 Å². The van der Waals surface area contributed by atoms with Crippen LogP contribution in [0.25, 0.3) is 0 Å². The molecule has 0 aliphatic carbocycles. The summed E-state index contributed by atoms with van der Waals surface area (Å²) in [5.74, 6) is -0.285. The number of rotatable bonds is 9. The van der Waals surface area contributed by atoms with Crippen LogP contribution < -0.4 is 27.8 Å². The molecule has 27 heavy (non-hydrogen) atoms. The Hall–Kier alpha value is -2.48. The van der Waals surface area contributed by atoms with Gasteiger partial charge < -0.3 is 27.8 Å². The lowest BCUT2D eigenvalue weighted by molar-refractivity contribution is -0.116. The molecule has 0 radical (unpaired) electrons. The van der Waals surface area contributed by atoms with E-state index < -0.39 is 0 Å². The second-order valence-electron chi connectivity index (χ2n) is 6.11. The largest absolute Gasteiger partial charge is 0.398 e. The molecule has 2 aromatic rings. The normalized spacial score (nSPS) is 12.5. The number of hydrogen-bond acceptors (Lipinski definition) is 6. The van der Waals surface area contributed by atoms with Crippen LogP contribution in [0.15, 0.2) is 59.5 Å². The Labute approximate surface area is 165 Å². The summed E-state index contributed by atoms with van der Waals surface area (Å²) in [6.45, 7) is 1.13. The first-order valence-electron chi connectivity index (χ1n) is 8.82. The molecule has 0 saturated carbocycles. The highest BCUT2D eigenvalue weighted by molar-refractivity contribution is 7.85. The fourth-order valence-corrected chi connectivity index (χ4v) is 2.88. The zero-order valence-corrected chi connectivity index (χ0v) is 16.1. The molecular weight excluding hydrogens is 358 g/mol. The van der Waals surface area contributed by atoms with E-state index in [1.165, 1.54) is 5.56 Å². The lowest BCUT2D eigenvalue weighted by Crippen LogP contribution is -2.24. The number of carbonyl (C=O) groups is 1. The average Bonchev–Trinajstić information content (AvgIpc) is 2.68. The van der Waals surface area contributed by atoms with E-state index >= 15 is 0 Å². The Balaban J connectivity index is 2.11. The fourth-order valence-electron chi connectivity index (χ4n) is 2.69. The van der Waals surface area contributed by atoms with Crippen molar-refractivity contribution in [2.45, 2.75) is 19.0 Å². The van der Waals surface area contributed by atoms with Gasteiger partial charge in [-0.3, -0.25) is 4.79 Å². The van der Waals surface area contributed by atoms with Crippen molar-refractivity contribution < 1.29 is 4.79 Å². The Morgan fingerprint density at radius 2 is 1.89 bits per heavy atom. The van der Waals surface area contributed by atoms with Gasteiger partial charge in [-0.2, -0.15) is 0 Å². The number of carbonyl (C=O) groups excluding carboxylic acids is 1. The number of anilines is 2. The molecule has 0 fully saturated rings. The van der Waals surface area contributed by atoms with Crippen molar-refractivity contribution in [3.63, 3.8) is 0 Å². The highest BCUT2D eigenvalue weighted by atomic mass is 32.1. The molecule has 1 unspecified atom stereocenters. The monoisotopic (exact) mass is 385 g/mol. The maximum atomic E-state index is 12.0. The van der Waals surface area contributed by atoms with Gasteiger partial charge in [0.1, 0.15) is 0 Å². The van der Waals surface area contributed by atoms with Gasteiger partial charge >= 0.3 is 0 Å². The van der Waals surface area contributed by atoms with Gasteiger partial charge in [0, 0.05) is 24.5 Å². The molecule has 0 spiro atoms. The fraction of sp³-hybridized carbons (Fsp3) is 0.250. The Morgan fingerprint density at radius 1 is 1.15 bits per heavy atom. The number of nitrogens with one attached hydrogen (secondary N) is 2. The molecule has 0 bridgehead atoms. The lowest BCUT2D eigenvalue weighted by atomic mass is 10.0. The summed E-state index contributed by atoms with van der Waals surface area (Å²) >= 11 is 4.12. The van der Waals surface area contributed by atoms with E-state index in [2.05, 4.69) is 35.4 Å². The summed E-state index contributed by atoms with van der Waals surface area (Å²) in [5.41, 5.74) is 20.7. The average molecular weight is 386 g/mol. The second-order valence-corrected chi connectivity index (χ2v) is 6.59. The molecule has 0 aliphatic rings. The first-order chi connectivity index (χ1) is 13.0. The smallest absolute Gasteiger partial charge is 0.257 e. The number of nitrogen functional groups attached to an aromatic ring is 1. The van der Waals surface area contributed by atoms with Crippen LogP contribution in [0, 0.1) is 0 Å². The van der Waals surface area contributed by atoms with Crippen LogP contribution >= 0.6 is 12.6 Å². The van der Waals surface area contributed by atoms with Crippen LogP contribution in [-0.2, 0) is 11.3 Å². The molecule has 144 valence electrons. The molecule has 0 aliphatic heterocycles. The molecule has 0 heterocycles. The maximum Gasteiger partial charge on any atom is 0.257 e. The summed E-state index contributed by atoms with van der Waals surface area (Å²) < 4.78 is 0. The predicted molar refractivity (Wildman–Crippen MR) is 115 cm³/mol. The van der Waals surface area contributed by atoms with E-state index in [0.717, 1.165) is 17.7 Å². The minimum atomic E-state index is -0.285. The SMILES string of the molecule is NC/C=C(\S)C(=O)NCc1cc(NC(CCN)c2ccccc2)ccc1N. The lowest BCUT2D eigenvalue weighted by Gasteiger charge is -2.21. The van der Waals surface area contributed by atoms with Crippen molar-refractivity contribution in [3.8, 4) is 0 Å². The van der Waals surface area contributed by atoms with Crippen LogP contribution in [0.4, 0.5) is 11.4 Å². The Morgan fingerprint density at radius 3 is 2.56 bits per heavy atom. The van der Waals surface area contributed by atoms with Gasteiger partial charge in [0.25, 0.3) is 5.91 Å². The van der Waals surface area contributed by atoms with Gasteiger partial charge in [0.2, 0.25) is 0 Å². The number of benzene rings is 2. The zero-order valence-electron chi connectivity index (χ0n) is 15.2.